The Morgan fingerprint density at radius 3 is 2.70 bits per heavy atom. The zero-order valence-corrected chi connectivity index (χ0v) is 15.5. The van der Waals surface area contributed by atoms with Crippen molar-refractivity contribution in [2.24, 2.45) is 0 Å². The fourth-order valence-electron chi connectivity index (χ4n) is 3.02. The number of hydrogen-bond acceptors (Lipinski definition) is 7. The molecule has 1 aromatic carbocycles. The second-order valence-corrected chi connectivity index (χ2v) is 6.61. The number of amides is 1. The summed E-state index contributed by atoms with van der Waals surface area (Å²) in [6, 6.07) is 8.11. The molecule has 1 unspecified atom stereocenters. The van der Waals surface area contributed by atoms with Crippen molar-refractivity contribution in [2.75, 3.05) is 32.1 Å². The molecule has 3 rings (SSSR count). The molecule has 1 aliphatic rings. The Morgan fingerprint density at radius 1 is 1.30 bits per heavy atom. The molecule has 0 aliphatic carbocycles. The minimum absolute atomic E-state index is 0.0518. The summed E-state index contributed by atoms with van der Waals surface area (Å²) in [5, 5.41) is 19.2. The van der Waals surface area contributed by atoms with Gasteiger partial charge < -0.3 is 14.5 Å². The van der Waals surface area contributed by atoms with E-state index in [4.69, 9.17) is 4.74 Å². The molecule has 27 heavy (non-hydrogen) atoms. The Hall–Kier alpha value is -3.23. The van der Waals surface area contributed by atoms with Gasteiger partial charge in [0.05, 0.1) is 11.5 Å². The van der Waals surface area contributed by atoms with Crippen LogP contribution < -0.4 is 9.64 Å². The minimum Gasteiger partial charge on any atom is -0.471 e. The fourth-order valence-corrected chi connectivity index (χ4v) is 3.02. The van der Waals surface area contributed by atoms with E-state index in [-0.39, 0.29) is 17.7 Å². The number of hydrogen-bond donors (Lipinski definition) is 0. The Morgan fingerprint density at radius 2 is 2.07 bits per heavy atom. The fraction of sp³-hybridized carbons (Fsp3) is 0.389. The number of ether oxygens (including phenoxy) is 1. The van der Waals surface area contributed by atoms with Crippen LogP contribution in [0, 0.1) is 17.0 Å². The van der Waals surface area contributed by atoms with Crippen LogP contribution >= 0.6 is 0 Å². The summed E-state index contributed by atoms with van der Waals surface area (Å²) in [5.74, 6) is 0.912. The highest BCUT2D eigenvalue weighted by atomic mass is 16.6. The largest absolute Gasteiger partial charge is 0.471 e. The molecule has 2 aromatic rings. The lowest BCUT2D eigenvalue weighted by Crippen LogP contribution is -2.31. The van der Waals surface area contributed by atoms with E-state index in [2.05, 4.69) is 10.2 Å². The first kappa shape index (κ1) is 18.6. The average molecular weight is 371 g/mol. The van der Waals surface area contributed by atoms with Gasteiger partial charge in [0.1, 0.15) is 6.10 Å². The number of benzene rings is 1. The summed E-state index contributed by atoms with van der Waals surface area (Å²) in [4.78, 5) is 26.9. The molecule has 1 atom stereocenters. The third-order valence-electron chi connectivity index (χ3n) is 4.54. The van der Waals surface area contributed by atoms with Crippen LogP contribution in [-0.4, -0.2) is 59.2 Å². The van der Waals surface area contributed by atoms with E-state index in [1.54, 1.807) is 24.0 Å². The van der Waals surface area contributed by atoms with Crippen LogP contribution in [0.5, 0.6) is 5.88 Å². The Labute approximate surface area is 156 Å². The standard InChI is InChI=1S/C18H21N5O4/c1-12-14(5-4-6-15(12)23(25)26)18(24)22-10-9-13(11-22)27-17-8-7-16(19-20-17)21(2)3/h4-8,13H,9-11H2,1-3H3. The van der Waals surface area contributed by atoms with Crippen molar-refractivity contribution < 1.29 is 14.5 Å². The van der Waals surface area contributed by atoms with Gasteiger partial charge in [0, 0.05) is 50.3 Å². The predicted octanol–water partition coefficient (Wildman–Crippen LogP) is 2.05. The summed E-state index contributed by atoms with van der Waals surface area (Å²) in [6.45, 7) is 2.52. The molecule has 1 saturated heterocycles. The highest BCUT2D eigenvalue weighted by Gasteiger charge is 2.30. The van der Waals surface area contributed by atoms with E-state index in [1.165, 1.54) is 12.1 Å². The molecule has 0 radical (unpaired) electrons. The summed E-state index contributed by atoms with van der Waals surface area (Å²) >= 11 is 0. The van der Waals surface area contributed by atoms with Crippen LogP contribution in [0.25, 0.3) is 0 Å². The van der Waals surface area contributed by atoms with Gasteiger partial charge in [0.2, 0.25) is 5.88 Å². The normalized spacial score (nSPS) is 16.3. The van der Waals surface area contributed by atoms with E-state index in [9.17, 15) is 14.9 Å². The van der Waals surface area contributed by atoms with Crippen LogP contribution in [0.1, 0.15) is 22.3 Å². The lowest BCUT2D eigenvalue weighted by molar-refractivity contribution is -0.385. The van der Waals surface area contributed by atoms with Gasteiger partial charge in [-0.3, -0.25) is 14.9 Å². The van der Waals surface area contributed by atoms with Crippen molar-refractivity contribution in [3.63, 3.8) is 0 Å². The lowest BCUT2D eigenvalue weighted by Gasteiger charge is -2.18. The minimum atomic E-state index is -0.474. The van der Waals surface area contributed by atoms with Gasteiger partial charge in [-0.1, -0.05) is 6.07 Å². The van der Waals surface area contributed by atoms with E-state index in [1.807, 2.05) is 25.1 Å². The van der Waals surface area contributed by atoms with Crippen LogP contribution in [-0.2, 0) is 0 Å². The van der Waals surface area contributed by atoms with Crippen molar-refractivity contribution in [2.45, 2.75) is 19.4 Å². The maximum atomic E-state index is 12.8. The summed E-state index contributed by atoms with van der Waals surface area (Å²) in [7, 11) is 3.75. The first-order valence-electron chi connectivity index (χ1n) is 8.58. The number of aromatic nitrogens is 2. The summed E-state index contributed by atoms with van der Waals surface area (Å²) in [6.07, 6.45) is 0.476. The van der Waals surface area contributed by atoms with Crippen molar-refractivity contribution in [3.8, 4) is 5.88 Å². The van der Waals surface area contributed by atoms with Gasteiger partial charge in [-0.2, -0.15) is 0 Å². The molecular formula is C18H21N5O4. The maximum Gasteiger partial charge on any atom is 0.273 e. The van der Waals surface area contributed by atoms with Crippen LogP contribution in [0.15, 0.2) is 30.3 Å². The molecule has 0 spiro atoms. The van der Waals surface area contributed by atoms with Gasteiger partial charge >= 0.3 is 0 Å². The second kappa shape index (κ2) is 7.56. The van der Waals surface area contributed by atoms with Gasteiger partial charge in [-0.25, -0.2) is 0 Å². The number of anilines is 1. The molecule has 9 nitrogen and oxygen atoms in total. The van der Waals surface area contributed by atoms with Crippen LogP contribution in [0.2, 0.25) is 0 Å². The third kappa shape index (κ3) is 3.97. The Kier molecular flexibility index (Phi) is 5.20. The first-order valence-corrected chi connectivity index (χ1v) is 8.58. The molecule has 0 bridgehead atoms. The van der Waals surface area contributed by atoms with Gasteiger partial charge in [-0.15, -0.1) is 10.2 Å². The number of nitro groups is 1. The molecule has 142 valence electrons. The SMILES string of the molecule is Cc1c(C(=O)N2CCC(Oc3ccc(N(C)C)nn3)C2)cccc1[N+](=O)[O-]. The van der Waals surface area contributed by atoms with E-state index < -0.39 is 4.92 Å². The van der Waals surface area contributed by atoms with Crippen molar-refractivity contribution >= 4 is 17.4 Å². The van der Waals surface area contributed by atoms with E-state index in [0.29, 0.717) is 36.5 Å². The van der Waals surface area contributed by atoms with Crippen molar-refractivity contribution in [1.82, 2.24) is 15.1 Å². The summed E-state index contributed by atoms with van der Waals surface area (Å²) < 4.78 is 5.82. The molecule has 1 amide bonds. The zero-order chi connectivity index (χ0) is 19.6. The number of rotatable bonds is 5. The zero-order valence-electron chi connectivity index (χ0n) is 15.5. The van der Waals surface area contributed by atoms with Gasteiger partial charge in [-0.05, 0) is 19.1 Å². The van der Waals surface area contributed by atoms with E-state index >= 15 is 0 Å². The molecule has 1 aromatic heterocycles. The predicted molar refractivity (Wildman–Crippen MR) is 99.1 cm³/mol. The number of nitro benzene ring substituents is 1. The molecule has 0 N–H and O–H groups in total. The highest BCUT2D eigenvalue weighted by molar-refractivity contribution is 5.96. The quantitative estimate of drug-likeness (QED) is 0.585. The van der Waals surface area contributed by atoms with Crippen LogP contribution in [0.3, 0.4) is 0 Å². The molecule has 0 saturated carbocycles. The molecule has 1 aliphatic heterocycles. The summed E-state index contributed by atoms with van der Waals surface area (Å²) in [5.41, 5.74) is 0.672. The number of carbonyl (C=O) groups is 1. The number of carbonyl (C=O) groups excluding carboxylic acids is 1. The van der Waals surface area contributed by atoms with Gasteiger partial charge in [0.25, 0.3) is 11.6 Å². The number of likely N-dealkylation sites (tertiary alicyclic amines) is 1. The molecular weight excluding hydrogens is 350 g/mol. The van der Waals surface area contributed by atoms with Crippen LogP contribution in [0.4, 0.5) is 11.5 Å². The highest BCUT2D eigenvalue weighted by Crippen LogP contribution is 2.24. The second-order valence-electron chi connectivity index (χ2n) is 6.61. The third-order valence-corrected chi connectivity index (χ3v) is 4.54. The lowest BCUT2D eigenvalue weighted by atomic mass is 10.1. The first-order chi connectivity index (χ1) is 12.9. The maximum absolute atomic E-state index is 12.8. The smallest absolute Gasteiger partial charge is 0.273 e. The van der Waals surface area contributed by atoms with E-state index in [0.717, 1.165) is 5.82 Å². The Balaban J connectivity index is 1.66. The monoisotopic (exact) mass is 371 g/mol. The van der Waals surface area contributed by atoms with Gasteiger partial charge in [0.15, 0.2) is 5.82 Å². The topological polar surface area (TPSA) is 102 Å². The molecule has 1 fully saturated rings. The Bertz CT molecular complexity index is 853. The molecule has 9 heteroatoms. The molecule has 2 heterocycles. The average Bonchev–Trinajstić information content (AvgIpc) is 3.10. The van der Waals surface area contributed by atoms with Crippen molar-refractivity contribution in [3.05, 3.63) is 51.6 Å². The van der Waals surface area contributed by atoms with Crippen molar-refractivity contribution in [1.29, 1.82) is 0 Å². The number of nitrogens with zero attached hydrogens (tertiary/aromatic N) is 5.